The summed E-state index contributed by atoms with van der Waals surface area (Å²) in [6.45, 7) is 5.74. The van der Waals surface area contributed by atoms with E-state index in [0.29, 0.717) is 21.0 Å². The largest absolute Gasteiger partial charge is 0.465 e. The van der Waals surface area contributed by atoms with Crippen molar-refractivity contribution in [3.05, 3.63) is 69.3 Å². The van der Waals surface area contributed by atoms with E-state index in [1.54, 1.807) is 30.0 Å². The number of aryl methyl sites for hydroxylation is 1. The second kappa shape index (κ2) is 6.50. The molecule has 0 saturated heterocycles. The maximum Gasteiger partial charge on any atom is 0.342 e. The first-order valence-electron chi connectivity index (χ1n) is 8.76. The van der Waals surface area contributed by atoms with Gasteiger partial charge in [0, 0.05) is 22.7 Å². The van der Waals surface area contributed by atoms with Crippen molar-refractivity contribution in [1.29, 1.82) is 5.26 Å². The van der Waals surface area contributed by atoms with Gasteiger partial charge in [0.1, 0.15) is 17.2 Å². The topological polar surface area (TPSA) is 106 Å². The second-order valence-corrected chi connectivity index (χ2v) is 7.83. The van der Waals surface area contributed by atoms with Gasteiger partial charge in [0.2, 0.25) is 11.8 Å². The van der Waals surface area contributed by atoms with E-state index in [1.165, 1.54) is 18.4 Å². The number of fused-ring (bicyclic) bond motifs is 4. The minimum absolute atomic E-state index is 0.00618. The highest BCUT2D eigenvalue weighted by Crippen LogP contribution is 2.58. The number of anilines is 1. The fraction of sp³-hybridized carbons (Fsp3) is 0.190. The molecule has 2 N–H and O–H groups in total. The summed E-state index contributed by atoms with van der Waals surface area (Å²) in [5, 5.41) is 9.96. The lowest BCUT2D eigenvalue weighted by Crippen LogP contribution is -2.45. The zero-order valence-corrected chi connectivity index (χ0v) is 16.6. The lowest BCUT2D eigenvalue weighted by atomic mass is 9.72. The van der Waals surface area contributed by atoms with Gasteiger partial charge in [-0.25, -0.2) is 4.79 Å². The maximum atomic E-state index is 13.8. The number of ether oxygens (including phenoxy) is 2. The third-order valence-corrected chi connectivity index (χ3v) is 6.40. The van der Waals surface area contributed by atoms with Crippen molar-refractivity contribution in [3.63, 3.8) is 0 Å². The molecule has 3 heterocycles. The van der Waals surface area contributed by atoms with Crippen molar-refractivity contribution in [1.82, 2.24) is 0 Å². The molecule has 2 aromatic rings. The summed E-state index contributed by atoms with van der Waals surface area (Å²) < 4.78 is 10.6. The van der Waals surface area contributed by atoms with Crippen LogP contribution in [0.4, 0.5) is 5.69 Å². The summed E-state index contributed by atoms with van der Waals surface area (Å²) in [5.41, 5.74) is 6.13. The molecule has 146 valence electrons. The Kier molecular flexibility index (Phi) is 4.21. The molecule has 4 rings (SSSR count). The molecule has 0 aliphatic carbocycles. The summed E-state index contributed by atoms with van der Waals surface area (Å²) in [6, 6.07) is 9.31. The molecular formula is C21H17N3O4S. The minimum atomic E-state index is -1.48. The quantitative estimate of drug-likeness (QED) is 0.619. The molecule has 1 unspecified atom stereocenters. The zero-order chi connectivity index (χ0) is 20.9. The number of hydrogen-bond acceptors (Lipinski definition) is 7. The predicted octanol–water partition coefficient (Wildman–Crippen LogP) is 2.75. The number of hydrogen-bond donors (Lipinski definition) is 1. The molecule has 1 amide bonds. The summed E-state index contributed by atoms with van der Waals surface area (Å²) in [6.07, 6.45) is 1.62. The average Bonchev–Trinajstić information content (AvgIpc) is 3.16. The lowest BCUT2D eigenvalue weighted by Gasteiger charge is -2.32. The molecule has 1 spiro atoms. The molecule has 0 radical (unpaired) electrons. The molecule has 1 aromatic carbocycles. The smallest absolute Gasteiger partial charge is 0.342 e. The molecular weight excluding hydrogens is 390 g/mol. The molecule has 2 aliphatic rings. The Balaban J connectivity index is 2.13. The number of nitrogens with two attached hydrogens (primary N) is 1. The summed E-state index contributed by atoms with van der Waals surface area (Å²) >= 11 is 1.23. The fourth-order valence-electron chi connectivity index (χ4n) is 4.03. The van der Waals surface area contributed by atoms with E-state index in [2.05, 4.69) is 12.6 Å². The van der Waals surface area contributed by atoms with Gasteiger partial charge in [-0.05, 0) is 13.0 Å². The third kappa shape index (κ3) is 2.22. The van der Waals surface area contributed by atoms with Crippen LogP contribution in [-0.2, 0) is 14.9 Å². The van der Waals surface area contributed by atoms with Gasteiger partial charge in [-0.1, -0.05) is 24.3 Å². The summed E-state index contributed by atoms with van der Waals surface area (Å²) in [4.78, 5) is 28.9. The van der Waals surface area contributed by atoms with Crippen LogP contribution in [-0.4, -0.2) is 25.5 Å². The Hall–Kier alpha value is -3.57. The summed E-state index contributed by atoms with van der Waals surface area (Å²) in [5.74, 6) is -0.962. The van der Waals surface area contributed by atoms with Crippen molar-refractivity contribution < 1.29 is 19.1 Å². The first-order valence-corrected chi connectivity index (χ1v) is 9.57. The number of rotatable bonds is 3. The number of para-hydroxylation sites is 1. The molecule has 0 fully saturated rings. The Bertz CT molecular complexity index is 1160. The van der Waals surface area contributed by atoms with Crippen molar-refractivity contribution in [2.75, 3.05) is 18.6 Å². The standard InChI is InChI=1S/C21H17N3O4S/c1-4-9-24-14-8-6-5-7-12(14)21(20(24)26)13(10-22)18(23)28-16-15(19(25)27-3)11(2)29-17(16)21/h4-8H,1,9,23H2,2-3H3. The Morgan fingerprint density at radius 1 is 1.48 bits per heavy atom. The fourth-order valence-corrected chi connectivity index (χ4v) is 5.30. The molecule has 7 nitrogen and oxygen atoms in total. The number of benzene rings is 1. The molecule has 1 aromatic heterocycles. The molecule has 1 atom stereocenters. The van der Waals surface area contributed by atoms with Gasteiger partial charge in [0.15, 0.2) is 11.2 Å². The number of esters is 1. The number of thiophene rings is 1. The number of nitriles is 1. The highest BCUT2D eigenvalue weighted by Gasteiger charge is 2.60. The van der Waals surface area contributed by atoms with Crippen molar-refractivity contribution in [2.45, 2.75) is 12.3 Å². The van der Waals surface area contributed by atoms with Crippen LogP contribution in [0.1, 0.15) is 25.7 Å². The van der Waals surface area contributed by atoms with E-state index >= 15 is 0 Å². The molecule has 0 saturated carbocycles. The van der Waals surface area contributed by atoms with Crippen molar-refractivity contribution >= 4 is 28.9 Å². The molecule has 2 aliphatic heterocycles. The van der Waals surface area contributed by atoms with Crippen LogP contribution < -0.4 is 15.4 Å². The van der Waals surface area contributed by atoms with E-state index in [-0.39, 0.29) is 35.2 Å². The Morgan fingerprint density at radius 3 is 2.86 bits per heavy atom. The van der Waals surface area contributed by atoms with Crippen LogP contribution in [0.5, 0.6) is 5.75 Å². The van der Waals surface area contributed by atoms with Gasteiger partial charge < -0.3 is 20.1 Å². The average molecular weight is 407 g/mol. The van der Waals surface area contributed by atoms with E-state index in [9.17, 15) is 14.9 Å². The van der Waals surface area contributed by atoms with Crippen molar-refractivity contribution in [2.24, 2.45) is 5.73 Å². The van der Waals surface area contributed by atoms with Crippen LogP contribution in [0.3, 0.4) is 0 Å². The predicted molar refractivity (Wildman–Crippen MR) is 108 cm³/mol. The van der Waals surface area contributed by atoms with E-state index < -0.39 is 11.4 Å². The number of nitrogens with zero attached hydrogens (tertiary/aromatic N) is 2. The zero-order valence-electron chi connectivity index (χ0n) is 15.8. The van der Waals surface area contributed by atoms with Gasteiger partial charge in [-0.2, -0.15) is 5.26 Å². The van der Waals surface area contributed by atoms with Gasteiger partial charge >= 0.3 is 5.97 Å². The van der Waals surface area contributed by atoms with Gasteiger partial charge in [-0.3, -0.25) is 4.79 Å². The van der Waals surface area contributed by atoms with Crippen LogP contribution in [0.2, 0.25) is 0 Å². The maximum absolute atomic E-state index is 13.8. The number of carbonyl (C=O) groups is 2. The molecule has 29 heavy (non-hydrogen) atoms. The number of methoxy groups -OCH3 is 1. The first-order chi connectivity index (χ1) is 13.9. The van der Waals surface area contributed by atoms with Gasteiger partial charge in [0.05, 0.1) is 12.0 Å². The number of amides is 1. The monoisotopic (exact) mass is 407 g/mol. The number of carbonyl (C=O) groups excluding carboxylic acids is 2. The first kappa shape index (κ1) is 18.8. The summed E-state index contributed by atoms with van der Waals surface area (Å²) in [7, 11) is 1.27. The molecule has 8 heteroatoms. The third-order valence-electron chi connectivity index (χ3n) is 5.19. The molecule has 0 bridgehead atoms. The SMILES string of the molecule is C=CCN1C(=O)C2(C(C#N)=C(N)Oc3c2sc(C)c3C(=O)OC)c2ccccc21. The highest BCUT2D eigenvalue weighted by atomic mass is 32.1. The van der Waals surface area contributed by atoms with Gasteiger partial charge in [0.25, 0.3) is 0 Å². The van der Waals surface area contributed by atoms with Crippen LogP contribution in [0.25, 0.3) is 0 Å². The normalized spacial score (nSPS) is 19.5. The lowest BCUT2D eigenvalue weighted by molar-refractivity contribution is -0.120. The van der Waals surface area contributed by atoms with E-state index in [0.717, 1.165) is 0 Å². The van der Waals surface area contributed by atoms with Crippen LogP contribution in [0.15, 0.2) is 48.4 Å². The minimum Gasteiger partial charge on any atom is -0.465 e. The van der Waals surface area contributed by atoms with Crippen LogP contribution in [0, 0.1) is 18.3 Å². The second-order valence-electron chi connectivity index (χ2n) is 6.61. The van der Waals surface area contributed by atoms with Gasteiger partial charge in [-0.15, -0.1) is 17.9 Å². The van der Waals surface area contributed by atoms with Crippen molar-refractivity contribution in [3.8, 4) is 11.8 Å². The Morgan fingerprint density at radius 2 is 2.21 bits per heavy atom. The highest BCUT2D eigenvalue weighted by molar-refractivity contribution is 7.13. The van der Waals surface area contributed by atoms with Crippen LogP contribution >= 0.6 is 11.3 Å². The Labute approximate surface area is 171 Å². The van der Waals surface area contributed by atoms with E-state index in [1.807, 2.05) is 12.1 Å². The van der Waals surface area contributed by atoms with E-state index in [4.69, 9.17) is 15.2 Å².